The van der Waals surface area contributed by atoms with E-state index in [0.29, 0.717) is 0 Å². The Labute approximate surface area is 700 Å². The van der Waals surface area contributed by atoms with E-state index < -0.39 is 0 Å². The zero-order valence-corrected chi connectivity index (χ0v) is 71.3. The normalized spacial score (nSPS) is 36.9. The summed E-state index contributed by atoms with van der Waals surface area (Å²) in [5, 5.41) is 0. The van der Waals surface area contributed by atoms with Crippen molar-refractivity contribution in [1.82, 2.24) is 0 Å². The minimum Gasteiger partial charge on any atom is -0.0619 e. The van der Waals surface area contributed by atoms with Crippen LogP contribution in [-0.4, -0.2) is 0 Å². The molecule has 115 heavy (non-hydrogen) atoms. The molecule has 16 aliphatic carbocycles. The summed E-state index contributed by atoms with van der Waals surface area (Å²) in [7, 11) is -0.143. The quantitative estimate of drug-likeness (QED) is 0.0898. The number of rotatable bonds is 15. The molecule has 25 rings (SSSR count). The maximum Gasteiger partial charge on any atom is 0.166 e. The third-order valence-corrected chi connectivity index (χ3v) is 43.2. The van der Waals surface area contributed by atoms with Crippen LogP contribution in [0.3, 0.4) is 0 Å². The molecule has 0 aliphatic heterocycles. The molecule has 0 nitrogen and oxygen atoms in total. The molecule has 16 fully saturated rings. The Morgan fingerprint density at radius 2 is 0.339 bits per heavy atom. The minimum atomic E-state index is -0.0622. The first-order valence-corrected chi connectivity index (χ1v) is 51.6. The first-order valence-electron chi connectivity index (χ1n) is 48.0. The average Bonchev–Trinajstić information content (AvgIpc) is 1.58. The van der Waals surface area contributed by atoms with Crippen molar-refractivity contribution in [2.24, 2.45) is 118 Å². The van der Waals surface area contributed by atoms with Crippen molar-refractivity contribution in [1.29, 1.82) is 0 Å². The fourth-order valence-corrected chi connectivity index (χ4v) is 38.3. The van der Waals surface area contributed by atoms with Gasteiger partial charge in [0.25, 0.3) is 0 Å². The molecule has 0 spiro atoms. The monoisotopic (exact) mass is 1570 g/mol. The second kappa shape index (κ2) is 31.9. The molecule has 10 bridgehead atoms. The molecule has 9 aromatic carbocycles. The van der Waals surface area contributed by atoms with Crippen LogP contribution < -0.4 is 0 Å². The fourth-order valence-electron chi connectivity index (χ4n) is 32.1. The standard InChI is InChI=1S/C48H57S.C38H43S.C26H29S/c1-4-37-31-22-43(46(25-31)40(37)7-1)28-10-16-34(17-11-28)49(35-18-12-29(13-19-35)44-23-32-26-47(44)41-8-2-5-38(32)41)36-20-14-30(15-21-36)45-24-33-27-48(45)42-9-3-6-39(33)42;1-2-6-28(7-3-1)39(29-16-12-24(13-17-29)35-20-26-22-37(35)33-10-4-8-31(26)33)30-18-14-25(15-19-30)36-21-27-23-38(36)34-11-5-9-32(27)34;1-2-6-12-22(13-7-3-1)23-18-20-26(21-19-23)27(24-14-8-4-9-15-24)25-16-10-5-11-17-25/h10-21,31-33,37-48H,1-9,22-27H2;1-3,6-7,12-19,26-27,31-38H,4-5,8-11,20-23H2;4-5,8-11,14-22H,1-3,6-7,12-13H2/q3*+1. The van der Waals surface area contributed by atoms with Gasteiger partial charge in [-0.2, -0.15) is 0 Å². The Bertz CT molecular complexity index is 4450. The molecule has 0 N–H and O–H groups in total. The van der Waals surface area contributed by atoms with E-state index in [0.717, 1.165) is 154 Å². The second-order valence-corrected chi connectivity index (χ2v) is 47.2. The molecular formula is C112H129S3+3. The topological polar surface area (TPSA) is 0 Å². The number of fused-ring (bicyclic) bond motifs is 25. The first kappa shape index (κ1) is 74.1. The third-order valence-electron chi connectivity index (χ3n) is 36.5. The molecule has 16 saturated carbocycles. The van der Waals surface area contributed by atoms with Gasteiger partial charge in [-0.05, 0) is 438 Å². The van der Waals surface area contributed by atoms with Gasteiger partial charge in [0.05, 0.1) is 32.7 Å². The molecule has 0 amide bonds. The predicted molar refractivity (Wildman–Crippen MR) is 478 cm³/mol. The lowest BCUT2D eigenvalue weighted by Crippen LogP contribution is -2.23. The molecule has 592 valence electrons. The van der Waals surface area contributed by atoms with Crippen LogP contribution in [0.25, 0.3) is 0 Å². The van der Waals surface area contributed by atoms with Crippen molar-refractivity contribution in [3.05, 3.63) is 270 Å². The zero-order chi connectivity index (χ0) is 75.6. The van der Waals surface area contributed by atoms with Crippen LogP contribution in [0.5, 0.6) is 0 Å². The lowest BCUT2D eigenvalue weighted by atomic mass is 9.73. The Hall–Kier alpha value is -5.97. The molecule has 0 aromatic heterocycles. The summed E-state index contributed by atoms with van der Waals surface area (Å²) in [4.78, 5) is 13.2. The molecule has 16 aliphatic rings. The molecule has 0 saturated heterocycles. The van der Waals surface area contributed by atoms with E-state index in [-0.39, 0.29) is 32.7 Å². The molecular weight excluding hydrogens is 1440 g/mol. The van der Waals surface area contributed by atoms with Gasteiger partial charge >= 0.3 is 0 Å². The molecule has 3 heteroatoms. The first-order chi connectivity index (χ1) is 57.0. The molecule has 0 heterocycles. The number of hydrogen-bond acceptors (Lipinski definition) is 0. The summed E-state index contributed by atoms with van der Waals surface area (Å²) in [6.07, 6.45) is 47.4. The van der Waals surface area contributed by atoms with Crippen LogP contribution in [0.2, 0.25) is 0 Å². The van der Waals surface area contributed by atoms with Crippen molar-refractivity contribution in [3.63, 3.8) is 0 Å². The van der Waals surface area contributed by atoms with Crippen molar-refractivity contribution < 1.29 is 0 Å². The average molecular weight is 1570 g/mol. The molecule has 25 unspecified atom stereocenters. The van der Waals surface area contributed by atoms with Crippen molar-refractivity contribution in [3.8, 4) is 0 Å². The van der Waals surface area contributed by atoms with Crippen LogP contribution in [0.4, 0.5) is 0 Å². The van der Waals surface area contributed by atoms with Crippen LogP contribution in [0.1, 0.15) is 274 Å². The van der Waals surface area contributed by atoms with Gasteiger partial charge in [-0.25, -0.2) is 0 Å². The summed E-state index contributed by atoms with van der Waals surface area (Å²) in [6.45, 7) is 0. The molecule has 9 aromatic rings. The van der Waals surface area contributed by atoms with Crippen LogP contribution in [0.15, 0.2) is 281 Å². The summed E-state index contributed by atoms with van der Waals surface area (Å²) in [6, 6.07) is 93.7. The third kappa shape index (κ3) is 13.7. The van der Waals surface area contributed by atoms with Gasteiger partial charge in [0.15, 0.2) is 44.1 Å². The number of hydrogen-bond donors (Lipinski definition) is 0. The minimum absolute atomic E-state index is 0.0340. The molecule has 25 atom stereocenters. The van der Waals surface area contributed by atoms with Gasteiger partial charge in [0, 0.05) is 0 Å². The Kier molecular flexibility index (Phi) is 20.5. The highest BCUT2D eigenvalue weighted by Crippen LogP contribution is 2.69. The van der Waals surface area contributed by atoms with E-state index in [1.807, 2.05) is 0 Å². The predicted octanol–water partition coefficient (Wildman–Crippen LogP) is 29.9. The zero-order valence-electron chi connectivity index (χ0n) is 68.9. The molecule has 0 radical (unpaired) electrons. The van der Waals surface area contributed by atoms with E-state index >= 15 is 0 Å². The van der Waals surface area contributed by atoms with Crippen LogP contribution in [-0.2, 0) is 32.7 Å². The van der Waals surface area contributed by atoms with Crippen molar-refractivity contribution in [2.75, 3.05) is 0 Å². The van der Waals surface area contributed by atoms with Gasteiger partial charge in [0.2, 0.25) is 0 Å². The summed E-state index contributed by atoms with van der Waals surface area (Å²) < 4.78 is 0. The van der Waals surface area contributed by atoms with Gasteiger partial charge in [-0.15, -0.1) is 0 Å². The maximum atomic E-state index is 2.58. The van der Waals surface area contributed by atoms with E-state index in [1.54, 1.807) is 33.4 Å². The smallest absolute Gasteiger partial charge is 0.0619 e. The highest BCUT2D eigenvalue weighted by molar-refractivity contribution is 7.97. The van der Waals surface area contributed by atoms with E-state index in [2.05, 4.69) is 237 Å². The van der Waals surface area contributed by atoms with Gasteiger partial charge in [-0.1, -0.05) is 192 Å². The highest BCUT2D eigenvalue weighted by atomic mass is 32.2. The maximum absolute atomic E-state index is 2.58. The summed E-state index contributed by atoms with van der Waals surface area (Å²) in [5.41, 5.74) is 9.76. The SMILES string of the molecule is c1cc([S+](c2ccc(C3CC4CC3C3CCCC43)cc2)c2ccc(C3CC4CC3C3CCCC43)cc2)ccc1C1CC2CC1C1CCCC21.c1ccc([S+](c2ccc(C3CC4CC3C3CCCC43)cc2)c2ccc(C3CC4CC3C3CCCC43)cc2)cc1.c1ccc([S+](c2ccccc2)c2ccc(C3CCCCCCC3)cc2)cc1. The van der Waals surface area contributed by atoms with E-state index in [9.17, 15) is 0 Å². The summed E-state index contributed by atoms with van der Waals surface area (Å²) >= 11 is 0. The van der Waals surface area contributed by atoms with Gasteiger partial charge < -0.3 is 0 Å². The highest BCUT2D eigenvalue weighted by Gasteiger charge is 2.59. The number of benzene rings is 9. The Balaban J connectivity index is 0.000000107. The van der Waals surface area contributed by atoms with Crippen LogP contribution >= 0.6 is 0 Å². The van der Waals surface area contributed by atoms with E-state index in [1.165, 1.54) is 250 Å². The fraction of sp³-hybridized carbons (Fsp3) is 0.518. The lowest BCUT2D eigenvalue weighted by molar-refractivity contribution is 0.232. The Morgan fingerprint density at radius 1 is 0.148 bits per heavy atom. The lowest BCUT2D eigenvalue weighted by Gasteiger charge is -2.32. The van der Waals surface area contributed by atoms with Crippen LogP contribution in [0, 0.1) is 118 Å². The van der Waals surface area contributed by atoms with Gasteiger partial charge in [0.1, 0.15) is 0 Å². The second-order valence-electron chi connectivity index (χ2n) is 41.1. The largest absolute Gasteiger partial charge is 0.166 e. The van der Waals surface area contributed by atoms with Crippen molar-refractivity contribution >= 4 is 32.7 Å². The Morgan fingerprint density at radius 3 is 0.565 bits per heavy atom. The van der Waals surface area contributed by atoms with E-state index in [4.69, 9.17) is 0 Å². The summed E-state index contributed by atoms with van der Waals surface area (Å²) in [5.74, 6) is 25.5. The van der Waals surface area contributed by atoms with Crippen molar-refractivity contribution in [2.45, 2.75) is 285 Å². The van der Waals surface area contributed by atoms with Gasteiger partial charge in [-0.3, -0.25) is 0 Å².